The van der Waals surface area contributed by atoms with E-state index in [4.69, 9.17) is 19.4 Å². The molecule has 4 fully saturated rings. The number of pyridine rings is 1. The van der Waals surface area contributed by atoms with Crippen molar-refractivity contribution in [3.05, 3.63) is 41.8 Å². The Morgan fingerprint density at radius 2 is 1.74 bits per heavy atom. The number of likely N-dealkylation sites (tertiary alicyclic amines) is 2. The molecule has 0 radical (unpaired) electrons. The van der Waals surface area contributed by atoms with Crippen LogP contribution in [0.3, 0.4) is 0 Å². The number of amides is 4. The summed E-state index contributed by atoms with van der Waals surface area (Å²) in [5.74, 6) is -4.79. The quantitative estimate of drug-likeness (QED) is 0.144. The molecule has 0 spiro atoms. The van der Waals surface area contributed by atoms with Crippen LogP contribution in [0.2, 0.25) is 0 Å². The number of sulfonamides is 1. The van der Waals surface area contributed by atoms with E-state index in [0.717, 1.165) is 5.56 Å². The number of anilines is 1. The molecular formula is C45H58F3N7O8S2. The molecular weight excluding hydrogens is 888 g/mol. The molecule has 4 heterocycles. The van der Waals surface area contributed by atoms with Crippen LogP contribution in [0, 0.1) is 30.1 Å². The highest BCUT2D eigenvalue weighted by Crippen LogP contribution is 2.46. The molecule has 20 heteroatoms. The SMILES string of the molecule is C=C[C@@H]1CC1(NC(=O)[C@@H]1C[C@@H](Oc2cc(-c3csc(NC(C)C)n3)nc3c(C)c(OC)ccc23)CN1C(=O)C(CC(=O)N1CCC(C(F)(F)F)CC1)C(C)(C)C)C(=O)NS(=O)(=O)C1CC1. The Balaban J connectivity index is 1.21. The average molecular weight is 946 g/mol. The van der Waals surface area contributed by atoms with E-state index in [0.29, 0.717) is 51.8 Å². The molecule has 2 unspecified atom stereocenters. The third kappa shape index (κ3) is 10.2. The Morgan fingerprint density at radius 3 is 2.32 bits per heavy atom. The van der Waals surface area contributed by atoms with Gasteiger partial charge in [-0.05, 0) is 70.4 Å². The van der Waals surface area contributed by atoms with Gasteiger partial charge >= 0.3 is 6.18 Å². The van der Waals surface area contributed by atoms with Gasteiger partial charge in [0.15, 0.2) is 5.13 Å². The largest absolute Gasteiger partial charge is 0.496 e. The lowest BCUT2D eigenvalue weighted by Gasteiger charge is -2.37. The van der Waals surface area contributed by atoms with Crippen LogP contribution in [-0.4, -0.2) is 114 Å². The first kappa shape index (κ1) is 48.0. The minimum Gasteiger partial charge on any atom is -0.496 e. The number of nitrogens with one attached hydrogen (secondary N) is 3. The molecule has 7 rings (SSSR count). The van der Waals surface area contributed by atoms with Crippen LogP contribution in [0.5, 0.6) is 11.5 Å². The molecule has 65 heavy (non-hydrogen) atoms. The summed E-state index contributed by atoms with van der Waals surface area (Å²) in [6.45, 7) is 14.7. The van der Waals surface area contributed by atoms with E-state index < -0.39 is 85.9 Å². The number of nitrogens with zero attached hydrogens (tertiary/aromatic N) is 4. The van der Waals surface area contributed by atoms with Crippen LogP contribution in [0.4, 0.5) is 18.3 Å². The standard InChI is InChI=1S/C45H58F3N7O8S2/c1-9-26-21-44(26,41(59)53-65(60,61)29-10-11-29)52-39(57)34-18-28(22-55(34)40(58)31(43(5,6)7)19-37(56)54-16-14-27(15-17-54)45(46,47)48)63-36-20-32(33-23-64-42(51-33)49-24(2)3)50-38-25(4)35(62-8)13-12-30(36)38/h9,12-13,20,23-24,26-29,31,34H,1,10-11,14-19,21-22H2,2-8H3,(H,49,51)(H,52,57)(H,53,59)/t26-,28-,31?,34+,44?/m1/s1. The average Bonchev–Trinajstić information content (AvgIpc) is 4.13. The van der Waals surface area contributed by atoms with Gasteiger partial charge in [0.25, 0.3) is 5.91 Å². The number of aryl methyl sites for hydroxylation is 1. The molecule has 15 nitrogen and oxygen atoms in total. The van der Waals surface area contributed by atoms with Crippen LogP contribution in [0.25, 0.3) is 22.3 Å². The summed E-state index contributed by atoms with van der Waals surface area (Å²) in [4.78, 5) is 69.6. The number of thiazole rings is 1. The van der Waals surface area contributed by atoms with Gasteiger partial charge in [0.05, 0.1) is 42.0 Å². The molecule has 2 aromatic heterocycles. The van der Waals surface area contributed by atoms with Gasteiger partial charge in [0.2, 0.25) is 27.7 Å². The topological polar surface area (TPSA) is 189 Å². The zero-order chi connectivity index (χ0) is 47.4. The molecule has 4 aliphatic rings. The Labute approximate surface area is 381 Å². The predicted molar refractivity (Wildman–Crippen MR) is 240 cm³/mol. The summed E-state index contributed by atoms with van der Waals surface area (Å²) >= 11 is 1.42. The van der Waals surface area contributed by atoms with Crippen LogP contribution < -0.4 is 24.8 Å². The van der Waals surface area contributed by atoms with Gasteiger partial charge in [-0.25, -0.2) is 18.4 Å². The maximum absolute atomic E-state index is 15.0. The summed E-state index contributed by atoms with van der Waals surface area (Å²) < 4.78 is 80.8. The van der Waals surface area contributed by atoms with E-state index in [1.54, 1.807) is 40.0 Å². The number of carbonyl (C=O) groups excluding carboxylic acids is 4. The monoisotopic (exact) mass is 945 g/mol. The number of hydrogen-bond donors (Lipinski definition) is 3. The molecule has 3 N–H and O–H groups in total. The molecule has 3 aromatic rings. The number of fused-ring (bicyclic) bond motifs is 1. The van der Waals surface area contributed by atoms with Crippen molar-refractivity contribution >= 4 is 61.0 Å². The third-order valence-electron chi connectivity index (χ3n) is 13.0. The lowest BCUT2D eigenvalue weighted by molar-refractivity contribution is -0.186. The Bertz CT molecular complexity index is 2460. The summed E-state index contributed by atoms with van der Waals surface area (Å²) in [6.07, 6.45) is -3.67. The summed E-state index contributed by atoms with van der Waals surface area (Å²) in [5.41, 5.74) is -0.0972. The zero-order valence-corrected chi connectivity index (χ0v) is 39.3. The van der Waals surface area contributed by atoms with Crippen LogP contribution in [0.1, 0.15) is 85.1 Å². The second-order valence-electron chi connectivity index (χ2n) is 19.1. The normalized spacial score (nSPS) is 23.3. The molecule has 354 valence electrons. The number of carbonyl (C=O) groups is 4. The first-order valence-corrected chi connectivity index (χ1v) is 24.4. The highest BCUT2D eigenvalue weighted by Gasteiger charge is 2.62. The number of benzene rings is 1. The Kier molecular flexibility index (Phi) is 13.3. The second-order valence-corrected chi connectivity index (χ2v) is 21.9. The van der Waals surface area contributed by atoms with Crippen LogP contribution >= 0.6 is 11.3 Å². The number of ether oxygens (including phenoxy) is 2. The van der Waals surface area contributed by atoms with Crippen molar-refractivity contribution in [1.29, 1.82) is 0 Å². The van der Waals surface area contributed by atoms with Crippen molar-refractivity contribution in [3.63, 3.8) is 0 Å². The molecule has 2 aliphatic carbocycles. The highest BCUT2D eigenvalue weighted by molar-refractivity contribution is 7.91. The van der Waals surface area contributed by atoms with Gasteiger partial charge in [0.1, 0.15) is 34.9 Å². The van der Waals surface area contributed by atoms with E-state index in [9.17, 15) is 36.0 Å². The third-order valence-corrected chi connectivity index (χ3v) is 15.6. The van der Waals surface area contributed by atoms with Gasteiger partial charge in [-0.15, -0.1) is 17.9 Å². The molecule has 2 aliphatic heterocycles. The van der Waals surface area contributed by atoms with Crippen LogP contribution in [0.15, 0.2) is 36.2 Å². The highest BCUT2D eigenvalue weighted by atomic mass is 32.2. The predicted octanol–water partition coefficient (Wildman–Crippen LogP) is 6.37. The van der Waals surface area contributed by atoms with E-state index in [-0.39, 0.29) is 57.8 Å². The summed E-state index contributed by atoms with van der Waals surface area (Å²) in [6, 6.07) is 4.23. The smallest absolute Gasteiger partial charge is 0.391 e. The first-order valence-electron chi connectivity index (χ1n) is 22.0. The van der Waals surface area contributed by atoms with E-state index in [1.165, 1.54) is 27.2 Å². The van der Waals surface area contributed by atoms with Crippen molar-refractivity contribution in [1.82, 2.24) is 29.8 Å². The van der Waals surface area contributed by atoms with Crippen LogP contribution in [-0.2, 0) is 29.2 Å². The Morgan fingerprint density at radius 1 is 1.05 bits per heavy atom. The van der Waals surface area contributed by atoms with Crippen molar-refractivity contribution < 1.29 is 50.2 Å². The zero-order valence-electron chi connectivity index (χ0n) is 37.7. The van der Waals surface area contributed by atoms with Crippen molar-refractivity contribution in [2.24, 2.45) is 23.2 Å². The molecule has 2 saturated carbocycles. The fourth-order valence-corrected chi connectivity index (χ4v) is 11.0. The van der Waals surface area contributed by atoms with Gasteiger partial charge in [0, 0.05) is 60.3 Å². The molecule has 0 bridgehead atoms. The number of alkyl halides is 3. The van der Waals surface area contributed by atoms with Crippen molar-refractivity contribution in [3.8, 4) is 22.9 Å². The molecule has 5 atom stereocenters. The maximum atomic E-state index is 15.0. The number of rotatable bonds is 15. The second kappa shape index (κ2) is 18.0. The lowest BCUT2D eigenvalue weighted by atomic mass is 9.77. The number of piperidine rings is 1. The fraction of sp³-hybridized carbons (Fsp3) is 0.600. The lowest BCUT2D eigenvalue weighted by Crippen LogP contribution is -2.57. The number of halogens is 3. The van der Waals surface area contributed by atoms with Crippen molar-refractivity contribution in [2.45, 2.75) is 122 Å². The minimum atomic E-state index is -4.37. The summed E-state index contributed by atoms with van der Waals surface area (Å²) in [5, 5.41) is 8.61. The van der Waals surface area contributed by atoms with E-state index in [1.807, 2.05) is 32.2 Å². The fourth-order valence-electron chi connectivity index (χ4n) is 8.83. The number of aromatic nitrogens is 2. The summed E-state index contributed by atoms with van der Waals surface area (Å²) in [7, 11) is -2.42. The van der Waals surface area contributed by atoms with Gasteiger partial charge in [-0.1, -0.05) is 26.8 Å². The molecule has 1 aromatic carbocycles. The number of hydrogen-bond acceptors (Lipinski definition) is 12. The van der Waals surface area contributed by atoms with Crippen molar-refractivity contribution in [2.75, 3.05) is 32.1 Å². The number of methoxy groups -OCH3 is 1. The van der Waals surface area contributed by atoms with E-state index >= 15 is 4.79 Å². The molecule has 2 saturated heterocycles. The van der Waals surface area contributed by atoms with E-state index in [2.05, 4.69) is 21.9 Å². The van der Waals surface area contributed by atoms with Gasteiger partial charge in [-0.2, -0.15) is 13.2 Å². The maximum Gasteiger partial charge on any atom is 0.391 e. The minimum absolute atomic E-state index is 0.0579. The Hall–Kier alpha value is -4.98. The van der Waals surface area contributed by atoms with Gasteiger partial charge in [-0.3, -0.25) is 23.9 Å². The van der Waals surface area contributed by atoms with Gasteiger partial charge < -0.3 is 29.9 Å². The first-order chi connectivity index (χ1) is 30.4. The molecule has 4 amide bonds.